The van der Waals surface area contributed by atoms with E-state index in [1.54, 1.807) is 7.11 Å². The minimum absolute atomic E-state index is 0.198. The molecule has 20 heavy (non-hydrogen) atoms. The maximum absolute atomic E-state index is 5.24. The Kier molecular flexibility index (Phi) is 4.38. The Labute approximate surface area is 128 Å². The lowest BCUT2D eigenvalue weighted by Crippen LogP contribution is -2.09. The molecule has 4 nitrogen and oxygen atoms in total. The lowest BCUT2D eigenvalue weighted by molar-refractivity contribution is 0.412. The van der Waals surface area contributed by atoms with Gasteiger partial charge in [0.2, 0.25) is 0 Å². The number of aryl methyl sites for hydroxylation is 2. The van der Waals surface area contributed by atoms with E-state index in [4.69, 9.17) is 4.74 Å². The average molecular weight is 338 g/mol. The molecule has 0 saturated carbocycles. The summed E-state index contributed by atoms with van der Waals surface area (Å²) >= 11 is 3.51. The summed E-state index contributed by atoms with van der Waals surface area (Å²) in [7, 11) is 3.64. The Bertz CT molecular complexity index is 622. The normalized spacial score (nSPS) is 12.3. The van der Waals surface area contributed by atoms with Gasteiger partial charge in [-0.3, -0.25) is 4.68 Å². The molecule has 1 N–H and O–H groups in total. The molecule has 0 fully saturated rings. The Morgan fingerprint density at radius 2 is 2.05 bits per heavy atom. The van der Waals surface area contributed by atoms with Gasteiger partial charge in [0, 0.05) is 24.0 Å². The highest BCUT2D eigenvalue weighted by molar-refractivity contribution is 9.10. The molecule has 108 valence electrons. The summed E-state index contributed by atoms with van der Waals surface area (Å²) in [6.45, 7) is 6.29. The van der Waals surface area contributed by atoms with Gasteiger partial charge >= 0.3 is 0 Å². The van der Waals surface area contributed by atoms with Gasteiger partial charge in [0.05, 0.1) is 23.3 Å². The molecule has 0 amide bonds. The van der Waals surface area contributed by atoms with Gasteiger partial charge in [-0.2, -0.15) is 5.10 Å². The fourth-order valence-electron chi connectivity index (χ4n) is 2.49. The van der Waals surface area contributed by atoms with E-state index in [0.717, 1.165) is 21.6 Å². The van der Waals surface area contributed by atoms with Crippen LogP contribution in [0.1, 0.15) is 29.9 Å². The minimum Gasteiger partial charge on any atom is -0.496 e. The Balaban J connectivity index is 2.23. The largest absolute Gasteiger partial charge is 0.496 e. The van der Waals surface area contributed by atoms with E-state index in [1.807, 2.05) is 36.9 Å². The third kappa shape index (κ3) is 2.82. The van der Waals surface area contributed by atoms with Crippen molar-refractivity contribution in [2.45, 2.75) is 26.8 Å². The fourth-order valence-corrected chi connectivity index (χ4v) is 3.04. The van der Waals surface area contributed by atoms with Crippen LogP contribution < -0.4 is 10.1 Å². The molecule has 2 rings (SSSR count). The first-order valence-electron chi connectivity index (χ1n) is 6.54. The van der Waals surface area contributed by atoms with Crippen molar-refractivity contribution in [2.24, 2.45) is 7.05 Å². The van der Waals surface area contributed by atoms with Crippen LogP contribution in [0.4, 0.5) is 5.69 Å². The first-order chi connectivity index (χ1) is 9.43. The van der Waals surface area contributed by atoms with Crippen molar-refractivity contribution in [3.8, 4) is 5.75 Å². The molecular weight excluding hydrogens is 318 g/mol. The number of aromatic nitrogens is 2. The van der Waals surface area contributed by atoms with Crippen molar-refractivity contribution >= 4 is 21.6 Å². The number of benzene rings is 1. The van der Waals surface area contributed by atoms with E-state index in [-0.39, 0.29) is 6.04 Å². The number of nitrogens with one attached hydrogen (secondary N) is 1. The van der Waals surface area contributed by atoms with Crippen LogP contribution in [0.3, 0.4) is 0 Å². The van der Waals surface area contributed by atoms with Crippen LogP contribution >= 0.6 is 15.9 Å². The second-order valence-corrected chi connectivity index (χ2v) is 5.78. The van der Waals surface area contributed by atoms with Gasteiger partial charge in [-0.05, 0) is 54.9 Å². The third-order valence-corrected chi connectivity index (χ3v) is 4.15. The summed E-state index contributed by atoms with van der Waals surface area (Å²) < 4.78 is 8.11. The standard InChI is InChI=1S/C15H20BrN3O/c1-9(15-10(2)18-19(4)11(15)3)17-12-6-7-14(20-5)13(16)8-12/h6-9,17H,1-5H3. The van der Waals surface area contributed by atoms with Gasteiger partial charge in [0.1, 0.15) is 5.75 Å². The number of rotatable bonds is 4. The SMILES string of the molecule is COc1ccc(NC(C)c2c(C)nn(C)c2C)cc1Br. The lowest BCUT2D eigenvalue weighted by atomic mass is 10.1. The zero-order valence-electron chi connectivity index (χ0n) is 12.5. The summed E-state index contributed by atoms with van der Waals surface area (Å²) in [6.07, 6.45) is 0. The quantitative estimate of drug-likeness (QED) is 0.916. The minimum atomic E-state index is 0.198. The average Bonchev–Trinajstić information content (AvgIpc) is 2.63. The highest BCUT2D eigenvalue weighted by Gasteiger charge is 2.16. The number of hydrogen-bond donors (Lipinski definition) is 1. The van der Waals surface area contributed by atoms with Gasteiger partial charge in [0.25, 0.3) is 0 Å². The van der Waals surface area contributed by atoms with Gasteiger partial charge in [0.15, 0.2) is 0 Å². The molecule has 1 unspecified atom stereocenters. The lowest BCUT2D eigenvalue weighted by Gasteiger charge is -2.17. The third-order valence-electron chi connectivity index (χ3n) is 3.53. The molecule has 1 heterocycles. The highest BCUT2D eigenvalue weighted by Crippen LogP contribution is 2.30. The van der Waals surface area contributed by atoms with E-state index in [9.17, 15) is 0 Å². The van der Waals surface area contributed by atoms with Crippen LogP contribution in [0.5, 0.6) is 5.75 Å². The van der Waals surface area contributed by atoms with E-state index in [2.05, 4.69) is 40.2 Å². The molecule has 0 aliphatic heterocycles. The van der Waals surface area contributed by atoms with Crippen molar-refractivity contribution < 1.29 is 4.74 Å². The van der Waals surface area contributed by atoms with Crippen molar-refractivity contribution in [3.63, 3.8) is 0 Å². The molecular formula is C15H20BrN3O. The Morgan fingerprint density at radius 1 is 1.35 bits per heavy atom. The van der Waals surface area contributed by atoms with E-state index in [1.165, 1.54) is 11.3 Å². The molecule has 5 heteroatoms. The molecule has 1 aromatic heterocycles. The van der Waals surface area contributed by atoms with Gasteiger partial charge in [-0.15, -0.1) is 0 Å². The van der Waals surface area contributed by atoms with Gasteiger partial charge < -0.3 is 10.1 Å². The number of nitrogens with zero attached hydrogens (tertiary/aromatic N) is 2. The first-order valence-corrected chi connectivity index (χ1v) is 7.33. The van der Waals surface area contributed by atoms with Crippen LogP contribution in [0, 0.1) is 13.8 Å². The molecule has 0 bridgehead atoms. The van der Waals surface area contributed by atoms with Crippen molar-refractivity contribution in [3.05, 3.63) is 39.6 Å². The van der Waals surface area contributed by atoms with E-state index < -0.39 is 0 Å². The van der Waals surface area contributed by atoms with E-state index >= 15 is 0 Å². The molecule has 0 aliphatic rings. The molecule has 2 aromatic rings. The summed E-state index contributed by atoms with van der Waals surface area (Å²) in [5, 5.41) is 7.97. The summed E-state index contributed by atoms with van der Waals surface area (Å²) in [5.74, 6) is 0.831. The number of anilines is 1. The maximum Gasteiger partial charge on any atom is 0.133 e. The van der Waals surface area contributed by atoms with Crippen molar-refractivity contribution in [2.75, 3.05) is 12.4 Å². The molecule has 0 radical (unpaired) electrons. The summed E-state index contributed by atoms with van der Waals surface area (Å²) in [6, 6.07) is 6.18. The van der Waals surface area contributed by atoms with Gasteiger partial charge in [-0.25, -0.2) is 0 Å². The zero-order valence-corrected chi connectivity index (χ0v) is 14.1. The fraction of sp³-hybridized carbons (Fsp3) is 0.400. The molecule has 1 atom stereocenters. The second kappa shape index (κ2) is 5.87. The molecule has 0 spiro atoms. The second-order valence-electron chi connectivity index (χ2n) is 4.92. The van der Waals surface area contributed by atoms with Crippen LogP contribution in [0.15, 0.2) is 22.7 Å². The van der Waals surface area contributed by atoms with Crippen molar-refractivity contribution in [1.82, 2.24) is 9.78 Å². The Morgan fingerprint density at radius 3 is 2.55 bits per heavy atom. The van der Waals surface area contributed by atoms with Crippen LogP contribution in [0.2, 0.25) is 0 Å². The highest BCUT2D eigenvalue weighted by atomic mass is 79.9. The van der Waals surface area contributed by atoms with Crippen LogP contribution in [-0.4, -0.2) is 16.9 Å². The maximum atomic E-state index is 5.24. The first kappa shape index (κ1) is 14.9. The number of methoxy groups -OCH3 is 1. The topological polar surface area (TPSA) is 39.1 Å². The van der Waals surface area contributed by atoms with Crippen LogP contribution in [0.25, 0.3) is 0 Å². The molecule has 1 aromatic carbocycles. The summed E-state index contributed by atoms with van der Waals surface area (Å²) in [5.41, 5.74) is 4.56. The summed E-state index contributed by atoms with van der Waals surface area (Å²) in [4.78, 5) is 0. The zero-order chi connectivity index (χ0) is 14.9. The van der Waals surface area contributed by atoms with Gasteiger partial charge in [-0.1, -0.05) is 0 Å². The number of halogens is 1. The number of ether oxygens (including phenoxy) is 1. The van der Waals surface area contributed by atoms with Crippen molar-refractivity contribution in [1.29, 1.82) is 0 Å². The Hall–Kier alpha value is -1.49. The number of hydrogen-bond acceptors (Lipinski definition) is 3. The predicted molar refractivity (Wildman–Crippen MR) is 85.4 cm³/mol. The molecule has 0 aliphatic carbocycles. The van der Waals surface area contributed by atoms with E-state index in [0.29, 0.717) is 0 Å². The van der Waals surface area contributed by atoms with Crippen LogP contribution in [-0.2, 0) is 7.05 Å². The molecule has 0 saturated heterocycles. The smallest absolute Gasteiger partial charge is 0.133 e. The predicted octanol–water partition coefficient (Wildman–Crippen LogP) is 3.98. The monoisotopic (exact) mass is 337 g/mol.